The van der Waals surface area contributed by atoms with Crippen molar-refractivity contribution in [3.05, 3.63) is 76.2 Å². The first kappa shape index (κ1) is 19.6. The Morgan fingerprint density at radius 1 is 1.16 bits per heavy atom. The van der Waals surface area contributed by atoms with Gasteiger partial charge >= 0.3 is 0 Å². The van der Waals surface area contributed by atoms with Crippen LogP contribution < -0.4 is 10.9 Å². The lowest BCUT2D eigenvalue weighted by Crippen LogP contribution is -2.27. The Bertz CT molecular complexity index is 1360. The van der Waals surface area contributed by atoms with Gasteiger partial charge in [-0.25, -0.2) is 9.67 Å². The predicted octanol–water partition coefficient (Wildman–Crippen LogP) is 3.87. The van der Waals surface area contributed by atoms with Crippen molar-refractivity contribution in [1.29, 1.82) is 0 Å². The Hall–Kier alpha value is -3.39. The molecule has 0 spiro atoms. The number of hydrogen-bond donors (Lipinski definition) is 1. The number of hydrogen-bond acceptors (Lipinski definition) is 5. The molecule has 3 heterocycles. The summed E-state index contributed by atoms with van der Waals surface area (Å²) in [4.78, 5) is 30.6. The third kappa shape index (κ3) is 3.53. The molecule has 4 aromatic rings. The fraction of sp³-hybridized carbons (Fsp3) is 0.217. The van der Waals surface area contributed by atoms with E-state index in [-0.39, 0.29) is 23.9 Å². The van der Waals surface area contributed by atoms with Crippen LogP contribution in [0, 0.1) is 13.8 Å². The summed E-state index contributed by atoms with van der Waals surface area (Å²) < 4.78 is 3.32. The minimum Gasteiger partial charge on any atom is -0.326 e. The predicted molar refractivity (Wildman–Crippen MR) is 122 cm³/mol. The van der Waals surface area contributed by atoms with Crippen molar-refractivity contribution >= 4 is 34.4 Å². The monoisotopic (exact) mass is 431 g/mol. The molecule has 0 unspecified atom stereocenters. The van der Waals surface area contributed by atoms with Crippen LogP contribution in [0.5, 0.6) is 0 Å². The number of carbonyl (C=O) groups is 1. The smallest absolute Gasteiger partial charge is 0.265 e. The van der Waals surface area contributed by atoms with Gasteiger partial charge in [0.2, 0.25) is 5.91 Å². The second kappa shape index (κ2) is 7.70. The van der Waals surface area contributed by atoms with Gasteiger partial charge in [0.1, 0.15) is 5.39 Å². The van der Waals surface area contributed by atoms with Crippen molar-refractivity contribution in [2.75, 3.05) is 11.1 Å². The first-order valence-electron chi connectivity index (χ1n) is 10.1. The molecule has 5 rings (SSSR count). The average molecular weight is 432 g/mol. The number of benzene rings is 2. The lowest BCUT2D eigenvalue weighted by atomic mass is 10.1. The molecule has 0 fully saturated rings. The highest BCUT2D eigenvalue weighted by molar-refractivity contribution is 7.99. The number of nitrogens with zero attached hydrogens (tertiary/aromatic N) is 4. The van der Waals surface area contributed by atoms with Gasteiger partial charge in [0, 0.05) is 17.9 Å². The SMILES string of the molecule is Cc1ccc(NC(=O)C[C@@H]2CSc3nc4c(cnn4-c4ccccc4)c(=O)n32)cc1C. The van der Waals surface area contributed by atoms with Gasteiger partial charge in [-0.05, 0) is 49.2 Å². The Balaban J connectivity index is 1.43. The van der Waals surface area contributed by atoms with Crippen LogP contribution in [0.2, 0.25) is 0 Å². The fourth-order valence-electron chi connectivity index (χ4n) is 3.78. The van der Waals surface area contributed by atoms with Crippen LogP contribution in [-0.2, 0) is 4.79 Å². The van der Waals surface area contributed by atoms with Crippen molar-refractivity contribution in [2.24, 2.45) is 0 Å². The molecular formula is C23H21N5O2S. The molecule has 0 aliphatic carbocycles. The second-order valence-corrected chi connectivity index (χ2v) is 8.70. The van der Waals surface area contributed by atoms with Gasteiger partial charge in [-0.3, -0.25) is 14.2 Å². The number of aryl methyl sites for hydroxylation is 2. The summed E-state index contributed by atoms with van der Waals surface area (Å²) in [5.74, 6) is 0.516. The van der Waals surface area contributed by atoms with Crippen LogP contribution in [0.25, 0.3) is 16.7 Å². The van der Waals surface area contributed by atoms with Gasteiger partial charge in [-0.1, -0.05) is 36.0 Å². The van der Waals surface area contributed by atoms with Crippen LogP contribution >= 0.6 is 11.8 Å². The summed E-state index contributed by atoms with van der Waals surface area (Å²) in [7, 11) is 0. The van der Waals surface area contributed by atoms with E-state index in [1.54, 1.807) is 15.4 Å². The lowest BCUT2D eigenvalue weighted by Gasteiger charge is -2.14. The number of carbonyl (C=O) groups excluding carboxylic acids is 1. The highest BCUT2D eigenvalue weighted by Crippen LogP contribution is 2.33. The maximum absolute atomic E-state index is 13.2. The maximum atomic E-state index is 13.2. The molecule has 31 heavy (non-hydrogen) atoms. The third-order valence-electron chi connectivity index (χ3n) is 5.58. The number of rotatable bonds is 4. The van der Waals surface area contributed by atoms with Gasteiger partial charge < -0.3 is 5.32 Å². The Labute approximate surface area is 183 Å². The van der Waals surface area contributed by atoms with Gasteiger partial charge in [-0.15, -0.1) is 0 Å². The Morgan fingerprint density at radius 2 is 1.97 bits per heavy atom. The molecule has 1 atom stereocenters. The summed E-state index contributed by atoms with van der Waals surface area (Å²) in [5.41, 5.74) is 4.30. The molecule has 156 valence electrons. The second-order valence-electron chi connectivity index (χ2n) is 7.71. The molecule has 0 bridgehead atoms. The third-order valence-corrected chi connectivity index (χ3v) is 6.68. The van der Waals surface area contributed by atoms with E-state index in [4.69, 9.17) is 4.98 Å². The average Bonchev–Trinajstić information content (AvgIpc) is 3.36. The Morgan fingerprint density at radius 3 is 2.74 bits per heavy atom. The molecule has 0 saturated carbocycles. The molecule has 7 nitrogen and oxygen atoms in total. The lowest BCUT2D eigenvalue weighted by molar-refractivity contribution is -0.116. The highest BCUT2D eigenvalue weighted by atomic mass is 32.2. The molecule has 1 N–H and O–H groups in total. The highest BCUT2D eigenvalue weighted by Gasteiger charge is 2.29. The summed E-state index contributed by atoms with van der Waals surface area (Å²) in [5, 5.41) is 8.40. The summed E-state index contributed by atoms with van der Waals surface area (Å²) in [6.07, 6.45) is 1.77. The number of nitrogens with one attached hydrogen (secondary N) is 1. The number of amides is 1. The summed E-state index contributed by atoms with van der Waals surface area (Å²) in [6.45, 7) is 4.05. The standard InChI is InChI=1S/C23H21N5O2S/c1-14-8-9-16(10-15(14)2)25-20(29)11-18-13-31-23-26-21-19(22(30)27(18)23)12-24-28(21)17-6-4-3-5-7-17/h3-10,12,18H,11,13H2,1-2H3,(H,25,29)/t18-/m1/s1. The van der Waals surface area contributed by atoms with Crippen molar-refractivity contribution in [3.63, 3.8) is 0 Å². The molecule has 0 radical (unpaired) electrons. The number of fused-ring (bicyclic) bond motifs is 2. The zero-order valence-electron chi connectivity index (χ0n) is 17.2. The van der Waals surface area contributed by atoms with Gasteiger partial charge in [0.05, 0.1) is 17.9 Å². The zero-order valence-corrected chi connectivity index (χ0v) is 18.0. The number of aromatic nitrogens is 4. The van der Waals surface area contributed by atoms with E-state index in [9.17, 15) is 9.59 Å². The largest absolute Gasteiger partial charge is 0.326 e. The van der Waals surface area contributed by atoms with E-state index in [0.717, 1.165) is 16.9 Å². The zero-order chi connectivity index (χ0) is 21.5. The molecule has 2 aromatic heterocycles. The molecule has 2 aromatic carbocycles. The van der Waals surface area contributed by atoms with E-state index in [0.29, 0.717) is 21.9 Å². The van der Waals surface area contributed by atoms with Crippen LogP contribution in [0.15, 0.2) is 64.7 Å². The van der Waals surface area contributed by atoms with Crippen molar-refractivity contribution in [2.45, 2.75) is 31.5 Å². The van der Waals surface area contributed by atoms with E-state index in [1.807, 2.05) is 62.4 Å². The van der Waals surface area contributed by atoms with Gasteiger partial charge in [0.15, 0.2) is 10.8 Å². The van der Waals surface area contributed by atoms with E-state index >= 15 is 0 Å². The van der Waals surface area contributed by atoms with Crippen molar-refractivity contribution in [3.8, 4) is 5.69 Å². The van der Waals surface area contributed by atoms with Gasteiger partial charge in [0.25, 0.3) is 5.56 Å². The normalized spacial score (nSPS) is 15.2. The first-order valence-corrected chi connectivity index (χ1v) is 11.1. The molecule has 1 aliphatic rings. The number of para-hydroxylation sites is 1. The first-order chi connectivity index (χ1) is 15.0. The summed E-state index contributed by atoms with van der Waals surface area (Å²) in [6, 6.07) is 15.2. The maximum Gasteiger partial charge on any atom is 0.265 e. The minimum atomic E-state index is -0.240. The van der Waals surface area contributed by atoms with Crippen LogP contribution in [0.3, 0.4) is 0 Å². The molecule has 1 aliphatic heterocycles. The molecular weight excluding hydrogens is 410 g/mol. The molecule has 1 amide bonds. The van der Waals surface area contributed by atoms with E-state index in [1.165, 1.54) is 17.3 Å². The Kier molecular flexibility index (Phi) is 4.86. The van der Waals surface area contributed by atoms with Crippen LogP contribution in [0.1, 0.15) is 23.6 Å². The van der Waals surface area contributed by atoms with Crippen molar-refractivity contribution in [1.82, 2.24) is 19.3 Å². The van der Waals surface area contributed by atoms with Crippen molar-refractivity contribution < 1.29 is 4.79 Å². The topological polar surface area (TPSA) is 81.8 Å². The number of thioether (sulfide) groups is 1. The van der Waals surface area contributed by atoms with E-state index in [2.05, 4.69) is 10.4 Å². The number of anilines is 1. The quantitative estimate of drug-likeness (QED) is 0.496. The van der Waals surface area contributed by atoms with E-state index < -0.39 is 0 Å². The minimum absolute atomic E-state index is 0.117. The van der Waals surface area contributed by atoms with Gasteiger partial charge in [-0.2, -0.15) is 5.10 Å². The molecule has 0 saturated heterocycles. The van der Waals surface area contributed by atoms with Crippen LogP contribution in [0.4, 0.5) is 5.69 Å². The fourth-order valence-corrected chi connectivity index (χ4v) is 4.91. The molecule has 8 heteroatoms. The van der Waals surface area contributed by atoms with Crippen LogP contribution in [-0.4, -0.2) is 31.0 Å². The summed E-state index contributed by atoms with van der Waals surface area (Å²) >= 11 is 1.50.